The Morgan fingerprint density at radius 2 is 1.65 bits per heavy atom. The quantitative estimate of drug-likeness (QED) is 0.792. The highest BCUT2D eigenvalue weighted by Crippen LogP contribution is 2.17. The van der Waals surface area contributed by atoms with E-state index in [1.165, 1.54) is 18.4 Å². The van der Waals surface area contributed by atoms with Gasteiger partial charge in [-0.25, -0.2) is 0 Å². The topological polar surface area (TPSA) is 50.8 Å². The lowest BCUT2D eigenvalue weighted by molar-refractivity contribution is -0.123. The fraction of sp³-hybridized carbons (Fsp3) is 0.381. The van der Waals surface area contributed by atoms with Crippen molar-refractivity contribution >= 4 is 5.91 Å². The largest absolute Gasteiger partial charge is 0.497 e. The number of hydrogen-bond acceptors (Lipinski definition) is 4. The van der Waals surface area contributed by atoms with E-state index in [0.717, 1.165) is 30.9 Å². The fourth-order valence-electron chi connectivity index (χ4n) is 3.13. The van der Waals surface area contributed by atoms with Crippen LogP contribution < -0.4 is 14.8 Å². The first-order chi connectivity index (χ1) is 12.7. The van der Waals surface area contributed by atoms with E-state index in [-0.39, 0.29) is 12.5 Å². The second kappa shape index (κ2) is 9.25. The van der Waals surface area contributed by atoms with Gasteiger partial charge in [0.25, 0.3) is 5.91 Å². The molecule has 0 aromatic heterocycles. The van der Waals surface area contributed by atoms with Gasteiger partial charge in [0, 0.05) is 13.1 Å². The summed E-state index contributed by atoms with van der Waals surface area (Å²) in [6, 6.07) is 15.5. The van der Waals surface area contributed by atoms with E-state index < -0.39 is 0 Å². The minimum Gasteiger partial charge on any atom is -0.497 e. The summed E-state index contributed by atoms with van der Waals surface area (Å²) in [6.45, 7) is 3.80. The van der Waals surface area contributed by atoms with Crippen LogP contribution in [0.5, 0.6) is 11.5 Å². The van der Waals surface area contributed by atoms with Crippen molar-refractivity contribution in [3.05, 3.63) is 59.7 Å². The summed E-state index contributed by atoms with van der Waals surface area (Å²) in [5.41, 5.74) is 2.45. The number of methoxy groups -OCH3 is 1. The maximum Gasteiger partial charge on any atom is 0.258 e. The molecular weight excluding hydrogens is 328 g/mol. The van der Waals surface area contributed by atoms with Crippen LogP contribution in [0.25, 0.3) is 0 Å². The molecule has 1 amide bonds. The molecule has 2 aromatic carbocycles. The molecule has 26 heavy (non-hydrogen) atoms. The first-order valence-electron chi connectivity index (χ1n) is 9.07. The van der Waals surface area contributed by atoms with Crippen LogP contribution in [0.2, 0.25) is 0 Å². The standard InChI is InChI=1S/C21H26N2O3/c1-25-19-8-10-20(11-9-19)26-16-21(24)22-14-17-6-2-3-7-18(17)15-23-12-4-5-13-23/h2-3,6-11H,4-5,12-16H2,1H3,(H,22,24). The Balaban J connectivity index is 1.47. The SMILES string of the molecule is COc1ccc(OCC(=O)NCc2ccccc2CN2CCCC2)cc1. The monoisotopic (exact) mass is 354 g/mol. The lowest BCUT2D eigenvalue weighted by Gasteiger charge is -2.17. The maximum absolute atomic E-state index is 12.1. The number of ether oxygens (including phenoxy) is 2. The highest BCUT2D eigenvalue weighted by molar-refractivity contribution is 5.77. The second-order valence-corrected chi connectivity index (χ2v) is 6.49. The molecule has 0 spiro atoms. The molecule has 1 heterocycles. The van der Waals surface area contributed by atoms with Gasteiger partial charge in [0.1, 0.15) is 11.5 Å². The molecule has 5 nitrogen and oxygen atoms in total. The number of rotatable bonds is 8. The van der Waals surface area contributed by atoms with E-state index in [9.17, 15) is 4.79 Å². The lowest BCUT2D eigenvalue weighted by Crippen LogP contribution is -2.29. The summed E-state index contributed by atoms with van der Waals surface area (Å²) in [7, 11) is 1.62. The molecule has 1 N–H and O–H groups in total. The van der Waals surface area contributed by atoms with Crippen LogP contribution in [-0.2, 0) is 17.9 Å². The van der Waals surface area contributed by atoms with Crippen molar-refractivity contribution in [1.82, 2.24) is 10.2 Å². The zero-order chi connectivity index (χ0) is 18.2. The number of nitrogens with one attached hydrogen (secondary N) is 1. The number of benzene rings is 2. The average Bonchev–Trinajstić information content (AvgIpc) is 3.19. The molecule has 1 aliphatic rings. The summed E-state index contributed by atoms with van der Waals surface area (Å²) in [6.07, 6.45) is 2.56. The van der Waals surface area contributed by atoms with Crippen LogP contribution in [-0.4, -0.2) is 37.6 Å². The number of likely N-dealkylation sites (tertiary alicyclic amines) is 1. The van der Waals surface area contributed by atoms with Gasteiger partial charge in [-0.2, -0.15) is 0 Å². The van der Waals surface area contributed by atoms with E-state index >= 15 is 0 Å². The van der Waals surface area contributed by atoms with Crippen molar-refractivity contribution < 1.29 is 14.3 Å². The third-order valence-electron chi connectivity index (χ3n) is 4.62. The molecule has 1 saturated heterocycles. The second-order valence-electron chi connectivity index (χ2n) is 6.49. The molecule has 0 radical (unpaired) electrons. The Morgan fingerprint density at radius 3 is 2.35 bits per heavy atom. The third kappa shape index (κ3) is 5.23. The van der Waals surface area contributed by atoms with Gasteiger partial charge in [-0.05, 0) is 61.3 Å². The van der Waals surface area contributed by atoms with Gasteiger partial charge >= 0.3 is 0 Å². The number of amides is 1. The molecule has 0 unspecified atom stereocenters. The van der Waals surface area contributed by atoms with Gasteiger partial charge in [-0.3, -0.25) is 9.69 Å². The number of carbonyl (C=O) groups excluding carboxylic acids is 1. The van der Waals surface area contributed by atoms with Crippen molar-refractivity contribution in [1.29, 1.82) is 0 Å². The number of hydrogen-bond donors (Lipinski definition) is 1. The van der Waals surface area contributed by atoms with Crippen LogP contribution in [0, 0.1) is 0 Å². The van der Waals surface area contributed by atoms with Crippen molar-refractivity contribution in [2.24, 2.45) is 0 Å². The first kappa shape index (κ1) is 18.3. The van der Waals surface area contributed by atoms with Crippen LogP contribution in [0.1, 0.15) is 24.0 Å². The van der Waals surface area contributed by atoms with Crippen LogP contribution >= 0.6 is 0 Å². The van der Waals surface area contributed by atoms with E-state index in [1.807, 2.05) is 18.2 Å². The Hall–Kier alpha value is -2.53. The Labute approximate surface area is 154 Å². The van der Waals surface area contributed by atoms with Crippen LogP contribution in [0.3, 0.4) is 0 Å². The van der Waals surface area contributed by atoms with Crippen LogP contribution in [0.4, 0.5) is 0 Å². The third-order valence-corrected chi connectivity index (χ3v) is 4.62. The summed E-state index contributed by atoms with van der Waals surface area (Å²) < 4.78 is 10.6. The Morgan fingerprint density at radius 1 is 1.00 bits per heavy atom. The fourth-order valence-corrected chi connectivity index (χ4v) is 3.13. The zero-order valence-corrected chi connectivity index (χ0v) is 15.2. The van der Waals surface area contributed by atoms with Crippen molar-refractivity contribution in [2.75, 3.05) is 26.8 Å². The van der Waals surface area contributed by atoms with Gasteiger partial charge in [0.2, 0.25) is 0 Å². The lowest BCUT2D eigenvalue weighted by atomic mass is 10.1. The summed E-state index contributed by atoms with van der Waals surface area (Å²) >= 11 is 0. The molecule has 0 bridgehead atoms. The first-order valence-corrected chi connectivity index (χ1v) is 9.07. The molecule has 1 aliphatic heterocycles. The smallest absolute Gasteiger partial charge is 0.258 e. The average molecular weight is 354 g/mol. The maximum atomic E-state index is 12.1. The van der Waals surface area contributed by atoms with Gasteiger partial charge in [0.15, 0.2) is 6.61 Å². The zero-order valence-electron chi connectivity index (χ0n) is 15.2. The van der Waals surface area contributed by atoms with Crippen molar-refractivity contribution in [3.63, 3.8) is 0 Å². The molecule has 138 valence electrons. The molecule has 0 saturated carbocycles. The minimum absolute atomic E-state index is 0.000616. The highest BCUT2D eigenvalue weighted by atomic mass is 16.5. The molecular formula is C21H26N2O3. The Bertz CT molecular complexity index is 709. The van der Waals surface area contributed by atoms with Crippen LogP contribution in [0.15, 0.2) is 48.5 Å². The van der Waals surface area contributed by atoms with E-state index in [0.29, 0.717) is 12.3 Å². The normalized spacial score (nSPS) is 14.2. The van der Waals surface area contributed by atoms with E-state index in [2.05, 4.69) is 28.4 Å². The predicted octanol–water partition coefficient (Wildman–Crippen LogP) is 2.99. The number of nitrogens with zero attached hydrogens (tertiary/aromatic N) is 1. The number of carbonyl (C=O) groups is 1. The molecule has 0 atom stereocenters. The molecule has 3 rings (SSSR count). The molecule has 1 fully saturated rings. The van der Waals surface area contributed by atoms with E-state index in [1.54, 1.807) is 19.2 Å². The summed E-state index contributed by atoms with van der Waals surface area (Å²) in [5.74, 6) is 1.28. The Kier molecular flexibility index (Phi) is 6.50. The van der Waals surface area contributed by atoms with Crippen molar-refractivity contribution in [2.45, 2.75) is 25.9 Å². The minimum atomic E-state index is -0.128. The predicted molar refractivity (Wildman–Crippen MR) is 101 cm³/mol. The van der Waals surface area contributed by atoms with Gasteiger partial charge in [0.05, 0.1) is 7.11 Å². The van der Waals surface area contributed by atoms with Gasteiger partial charge in [-0.15, -0.1) is 0 Å². The van der Waals surface area contributed by atoms with Gasteiger partial charge in [-0.1, -0.05) is 24.3 Å². The molecule has 0 aliphatic carbocycles. The summed E-state index contributed by atoms with van der Waals surface area (Å²) in [4.78, 5) is 14.6. The molecule has 2 aromatic rings. The summed E-state index contributed by atoms with van der Waals surface area (Å²) in [5, 5.41) is 2.95. The molecule has 5 heteroatoms. The van der Waals surface area contributed by atoms with E-state index in [4.69, 9.17) is 9.47 Å². The highest BCUT2D eigenvalue weighted by Gasteiger charge is 2.13. The van der Waals surface area contributed by atoms with Gasteiger partial charge < -0.3 is 14.8 Å². The van der Waals surface area contributed by atoms with Crippen molar-refractivity contribution in [3.8, 4) is 11.5 Å².